The topological polar surface area (TPSA) is 104 Å². The third-order valence-electron chi connectivity index (χ3n) is 4.31. The van der Waals surface area contributed by atoms with Gasteiger partial charge < -0.3 is 10.0 Å². The Kier molecular flexibility index (Phi) is 7.15. The molecule has 1 saturated heterocycles. The molecule has 1 aliphatic rings. The van der Waals surface area contributed by atoms with Crippen molar-refractivity contribution in [1.82, 2.24) is 4.90 Å². The Morgan fingerprint density at radius 2 is 1.85 bits per heavy atom. The molecule has 1 aliphatic heterocycles. The van der Waals surface area contributed by atoms with E-state index in [1.54, 1.807) is 0 Å². The third-order valence-corrected chi connectivity index (χ3v) is 4.31. The van der Waals surface area contributed by atoms with Gasteiger partial charge in [0.15, 0.2) is 0 Å². The molecule has 0 bridgehead atoms. The highest BCUT2D eigenvalue weighted by molar-refractivity contribution is 5.94. The van der Waals surface area contributed by atoms with Gasteiger partial charge in [-0.15, -0.1) is 12.4 Å². The number of alkyl halides is 3. The van der Waals surface area contributed by atoms with Gasteiger partial charge in [0.25, 0.3) is 5.69 Å². The summed E-state index contributed by atoms with van der Waals surface area (Å²) in [5.74, 6) is -5.75. The molecule has 0 aromatic heterocycles. The minimum absolute atomic E-state index is 0. The van der Waals surface area contributed by atoms with Crippen LogP contribution in [0.2, 0.25) is 0 Å². The number of hydrogen-bond donors (Lipinski definition) is 1. The Hall–Kier alpha value is -2.40. The quantitative estimate of drug-likeness (QED) is 0.588. The van der Waals surface area contributed by atoms with Crippen LogP contribution in [0, 0.1) is 22.0 Å². The fourth-order valence-electron chi connectivity index (χ4n) is 2.84. The van der Waals surface area contributed by atoms with Gasteiger partial charge in [-0.05, 0) is 12.1 Å². The van der Waals surface area contributed by atoms with E-state index in [4.69, 9.17) is 5.11 Å². The summed E-state index contributed by atoms with van der Waals surface area (Å²) in [6, 6.07) is 5.10. The van der Waals surface area contributed by atoms with Gasteiger partial charge in [-0.25, -0.2) is 0 Å². The van der Waals surface area contributed by atoms with E-state index in [9.17, 15) is 32.9 Å². The van der Waals surface area contributed by atoms with Crippen LogP contribution in [0.5, 0.6) is 0 Å². The average molecular weight is 412 g/mol. The molecule has 1 fully saturated rings. The predicted octanol–water partition coefficient (Wildman–Crippen LogP) is 2.17. The van der Waals surface area contributed by atoms with Crippen molar-refractivity contribution in [3.63, 3.8) is 0 Å². The number of likely N-dealkylation sites (N-methyl/N-ethyl adjacent to an activating group) is 1. The minimum Gasteiger partial charge on any atom is -0.481 e. The standard InChI is InChI=1S/C15H16F3N3O5.ClH/c1-19(9-2-4-10(5-3-9)21(25)26)13(22)8-20-6-11(14(23)24)12(7-20)15(16,17)18;/h2-5,11-12H,6-8H2,1H3,(H,23,24);1H/t11-,12-;/m1./s1. The zero-order valence-electron chi connectivity index (χ0n) is 14.0. The van der Waals surface area contributed by atoms with Crippen molar-refractivity contribution in [3.8, 4) is 0 Å². The summed E-state index contributed by atoms with van der Waals surface area (Å²) in [7, 11) is 1.38. The molecule has 1 amide bonds. The first kappa shape index (κ1) is 22.6. The van der Waals surface area contributed by atoms with Crippen LogP contribution in [0.1, 0.15) is 0 Å². The number of carboxylic acid groups (broad SMARTS) is 1. The molecule has 27 heavy (non-hydrogen) atoms. The molecular formula is C15H17ClF3N3O5. The van der Waals surface area contributed by atoms with Crippen LogP contribution in [-0.2, 0) is 9.59 Å². The number of benzene rings is 1. The smallest absolute Gasteiger partial charge is 0.393 e. The number of carbonyl (C=O) groups excluding carboxylic acids is 1. The van der Waals surface area contributed by atoms with Crippen molar-refractivity contribution < 1.29 is 32.8 Å². The Bertz CT molecular complexity index is 714. The monoisotopic (exact) mass is 411 g/mol. The second-order valence-electron chi connectivity index (χ2n) is 6.01. The SMILES string of the molecule is CN(C(=O)CN1C[C@@H](C(F)(F)F)[C@H](C(=O)O)C1)c1ccc([N+](=O)[O-])cc1.Cl. The number of hydrogen-bond acceptors (Lipinski definition) is 5. The van der Waals surface area contributed by atoms with Crippen LogP contribution in [-0.4, -0.2) is 59.7 Å². The molecular weight excluding hydrogens is 395 g/mol. The van der Waals surface area contributed by atoms with E-state index in [-0.39, 0.29) is 31.2 Å². The first-order valence-corrected chi connectivity index (χ1v) is 7.53. The van der Waals surface area contributed by atoms with Crippen molar-refractivity contribution in [1.29, 1.82) is 0 Å². The molecule has 1 aromatic carbocycles. The highest BCUT2D eigenvalue weighted by Crippen LogP contribution is 2.37. The van der Waals surface area contributed by atoms with Crippen LogP contribution >= 0.6 is 12.4 Å². The average Bonchev–Trinajstić information content (AvgIpc) is 2.98. The maximum absolute atomic E-state index is 13.0. The molecule has 12 heteroatoms. The van der Waals surface area contributed by atoms with Crippen molar-refractivity contribution in [2.24, 2.45) is 11.8 Å². The zero-order chi connectivity index (χ0) is 19.6. The number of aliphatic carboxylic acids is 1. The fraction of sp³-hybridized carbons (Fsp3) is 0.467. The van der Waals surface area contributed by atoms with Crippen LogP contribution in [0.3, 0.4) is 0 Å². The molecule has 8 nitrogen and oxygen atoms in total. The van der Waals surface area contributed by atoms with Gasteiger partial charge in [-0.3, -0.25) is 24.6 Å². The number of rotatable bonds is 5. The number of non-ortho nitro benzene ring substituents is 1. The molecule has 0 unspecified atom stereocenters. The summed E-state index contributed by atoms with van der Waals surface area (Å²) in [6.45, 7) is -1.33. The van der Waals surface area contributed by atoms with Gasteiger partial charge in [-0.2, -0.15) is 13.2 Å². The summed E-state index contributed by atoms with van der Waals surface area (Å²) >= 11 is 0. The highest BCUT2D eigenvalue weighted by Gasteiger charge is 2.52. The van der Waals surface area contributed by atoms with Crippen molar-refractivity contribution in [2.45, 2.75) is 6.18 Å². The predicted molar refractivity (Wildman–Crippen MR) is 90.9 cm³/mol. The number of halogens is 4. The number of nitro benzene ring substituents is 1. The molecule has 0 spiro atoms. The number of carboxylic acids is 1. The largest absolute Gasteiger partial charge is 0.481 e. The molecule has 2 atom stereocenters. The number of carbonyl (C=O) groups is 2. The first-order valence-electron chi connectivity index (χ1n) is 7.53. The molecule has 0 saturated carbocycles. The normalized spacial score (nSPS) is 20.0. The van der Waals surface area contributed by atoms with Crippen LogP contribution in [0.15, 0.2) is 24.3 Å². The highest BCUT2D eigenvalue weighted by atomic mass is 35.5. The molecule has 1 heterocycles. The Morgan fingerprint density at radius 1 is 1.30 bits per heavy atom. The number of nitrogens with zero attached hydrogens (tertiary/aromatic N) is 3. The van der Waals surface area contributed by atoms with E-state index in [2.05, 4.69) is 0 Å². The summed E-state index contributed by atoms with van der Waals surface area (Å²) in [4.78, 5) is 35.7. The van der Waals surface area contributed by atoms with E-state index in [1.165, 1.54) is 31.3 Å². The van der Waals surface area contributed by atoms with Gasteiger partial charge >= 0.3 is 12.1 Å². The third kappa shape index (κ3) is 5.30. The number of amides is 1. The van der Waals surface area contributed by atoms with Gasteiger partial charge in [-0.1, -0.05) is 0 Å². The van der Waals surface area contributed by atoms with E-state index in [1.807, 2.05) is 0 Å². The van der Waals surface area contributed by atoms with E-state index in [0.29, 0.717) is 5.69 Å². The van der Waals surface area contributed by atoms with Crippen molar-refractivity contribution in [2.75, 3.05) is 31.6 Å². The van der Waals surface area contributed by atoms with Crippen molar-refractivity contribution in [3.05, 3.63) is 34.4 Å². The van der Waals surface area contributed by atoms with E-state index < -0.39 is 41.4 Å². The summed E-state index contributed by atoms with van der Waals surface area (Å²) in [5.41, 5.74) is 0.174. The van der Waals surface area contributed by atoms with Crippen molar-refractivity contribution >= 4 is 35.7 Å². The van der Waals surface area contributed by atoms with Gasteiger partial charge in [0.05, 0.1) is 23.3 Å². The molecule has 2 rings (SSSR count). The second-order valence-corrected chi connectivity index (χ2v) is 6.01. The molecule has 1 aromatic rings. The maximum Gasteiger partial charge on any atom is 0.393 e. The van der Waals surface area contributed by atoms with Crippen LogP contribution < -0.4 is 4.90 Å². The fourth-order valence-corrected chi connectivity index (χ4v) is 2.84. The number of likely N-dealkylation sites (tertiary alicyclic amines) is 1. The summed E-state index contributed by atoms with van der Waals surface area (Å²) in [6.07, 6.45) is -4.66. The molecule has 0 aliphatic carbocycles. The lowest BCUT2D eigenvalue weighted by molar-refractivity contribution is -0.384. The van der Waals surface area contributed by atoms with Crippen LogP contribution in [0.25, 0.3) is 0 Å². The zero-order valence-corrected chi connectivity index (χ0v) is 14.9. The summed E-state index contributed by atoms with van der Waals surface area (Å²) < 4.78 is 38.9. The molecule has 150 valence electrons. The Morgan fingerprint density at radius 3 is 2.26 bits per heavy atom. The minimum atomic E-state index is -4.66. The Balaban J connectivity index is 0.00000364. The second kappa shape index (κ2) is 8.53. The van der Waals surface area contributed by atoms with Crippen LogP contribution in [0.4, 0.5) is 24.5 Å². The number of nitro groups is 1. The van der Waals surface area contributed by atoms with E-state index >= 15 is 0 Å². The molecule has 1 N–H and O–H groups in total. The van der Waals surface area contributed by atoms with E-state index in [0.717, 1.165) is 9.80 Å². The first-order chi connectivity index (χ1) is 12.0. The lowest BCUT2D eigenvalue weighted by atomic mass is 9.96. The lowest BCUT2D eigenvalue weighted by Crippen LogP contribution is -2.38. The maximum atomic E-state index is 13.0. The summed E-state index contributed by atoms with van der Waals surface area (Å²) in [5, 5.41) is 19.6. The molecule has 0 radical (unpaired) electrons. The van der Waals surface area contributed by atoms with Gasteiger partial charge in [0.2, 0.25) is 5.91 Å². The lowest BCUT2D eigenvalue weighted by Gasteiger charge is -2.22. The number of anilines is 1. The van der Waals surface area contributed by atoms with Gasteiger partial charge in [0, 0.05) is 38.0 Å². The Labute approximate surface area is 158 Å². The van der Waals surface area contributed by atoms with Gasteiger partial charge in [0.1, 0.15) is 0 Å².